The average molecular weight is 372 g/mol. The summed E-state index contributed by atoms with van der Waals surface area (Å²) in [5, 5.41) is 7.69. The number of carbonyl (C=O) groups is 1. The van der Waals surface area contributed by atoms with Gasteiger partial charge in [0.25, 0.3) is 0 Å². The van der Waals surface area contributed by atoms with Gasteiger partial charge in [-0.25, -0.2) is 0 Å². The number of carbonyl (C=O) groups excluding carboxylic acids is 1. The van der Waals surface area contributed by atoms with Crippen LogP contribution in [0.15, 0.2) is 60.7 Å². The molecule has 0 aliphatic heterocycles. The Morgan fingerprint density at radius 1 is 1.04 bits per heavy atom. The van der Waals surface area contributed by atoms with Gasteiger partial charge in [-0.15, -0.1) is 0 Å². The summed E-state index contributed by atoms with van der Waals surface area (Å²) < 4.78 is 34.4. The van der Waals surface area contributed by atoms with Gasteiger partial charge >= 0.3 is 6.61 Å². The van der Waals surface area contributed by atoms with Crippen LogP contribution in [0.5, 0.6) is 11.5 Å². The zero-order chi connectivity index (χ0) is 19.2. The first-order valence-corrected chi connectivity index (χ1v) is 8.21. The summed E-state index contributed by atoms with van der Waals surface area (Å²) in [7, 11) is 1.36. The molecular formula is C20H18F2N2O3. The van der Waals surface area contributed by atoms with Gasteiger partial charge in [0.2, 0.25) is 5.91 Å². The molecule has 0 aromatic heterocycles. The maximum absolute atomic E-state index is 12.5. The molecule has 140 valence electrons. The van der Waals surface area contributed by atoms with Crippen molar-refractivity contribution in [2.75, 3.05) is 24.3 Å². The van der Waals surface area contributed by atoms with E-state index in [1.165, 1.54) is 19.2 Å². The van der Waals surface area contributed by atoms with Crippen molar-refractivity contribution < 1.29 is 23.0 Å². The summed E-state index contributed by atoms with van der Waals surface area (Å²) in [6.45, 7) is -3.01. The lowest BCUT2D eigenvalue weighted by Crippen LogP contribution is -2.21. The van der Waals surface area contributed by atoms with Crippen LogP contribution < -0.4 is 20.1 Å². The molecule has 0 saturated carbocycles. The van der Waals surface area contributed by atoms with Crippen molar-refractivity contribution in [1.82, 2.24) is 0 Å². The Hall–Kier alpha value is -3.35. The molecule has 0 radical (unpaired) electrons. The van der Waals surface area contributed by atoms with Crippen molar-refractivity contribution in [3.05, 3.63) is 60.7 Å². The van der Waals surface area contributed by atoms with Crippen LogP contribution in [0.2, 0.25) is 0 Å². The molecule has 0 bridgehead atoms. The smallest absolute Gasteiger partial charge is 0.387 e. The maximum atomic E-state index is 12.5. The summed E-state index contributed by atoms with van der Waals surface area (Å²) in [6, 6.07) is 17.8. The Morgan fingerprint density at radius 3 is 2.59 bits per heavy atom. The second-order valence-electron chi connectivity index (χ2n) is 5.67. The Kier molecular flexibility index (Phi) is 5.71. The molecule has 3 aromatic carbocycles. The molecule has 1 amide bonds. The Bertz CT molecular complexity index is 942. The predicted octanol–water partition coefficient (Wildman–Crippen LogP) is 4.50. The predicted molar refractivity (Wildman–Crippen MR) is 101 cm³/mol. The van der Waals surface area contributed by atoms with Crippen molar-refractivity contribution in [2.24, 2.45) is 0 Å². The molecule has 27 heavy (non-hydrogen) atoms. The molecule has 0 atom stereocenters. The van der Waals surface area contributed by atoms with Gasteiger partial charge in [-0.3, -0.25) is 4.79 Å². The first kappa shape index (κ1) is 18.4. The number of fused-ring (bicyclic) bond motifs is 1. The maximum Gasteiger partial charge on any atom is 0.387 e. The third-order valence-corrected chi connectivity index (χ3v) is 3.90. The van der Waals surface area contributed by atoms with E-state index in [0.717, 1.165) is 10.8 Å². The molecule has 0 heterocycles. The van der Waals surface area contributed by atoms with E-state index in [2.05, 4.69) is 15.4 Å². The van der Waals surface area contributed by atoms with Gasteiger partial charge in [0.05, 0.1) is 13.7 Å². The quantitative estimate of drug-likeness (QED) is 0.641. The number of anilines is 2. The molecular weight excluding hydrogens is 354 g/mol. The molecule has 2 N–H and O–H groups in total. The molecule has 3 rings (SSSR count). The number of halogens is 2. The third kappa shape index (κ3) is 4.63. The van der Waals surface area contributed by atoms with Crippen molar-refractivity contribution >= 4 is 28.1 Å². The van der Waals surface area contributed by atoms with E-state index in [-0.39, 0.29) is 24.0 Å². The average Bonchev–Trinajstić information content (AvgIpc) is 2.66. The fraction of sp³-hybridized carbons (Fsp3) is 0.150. The number of amides is 1. The lowest BCUT2D eigenvalue weighted by molar-refractivity contribution is -0.114. The standard InChI is InChI=1S/C20H18F2N2O3/c1-26-17-10-9-14(11-18(17)27-20(21)22)23-12-19(25)24-16-8-4-6-13-5-2-3-7-15(13)16/h2-11,20,23H,12H2,1H3,(H,24,25). The molecule has 5 nitrogen and oxygen atoms in total. The second-order valence-corrected chi connectivity index (χ2v) is 5.67. The minimum Gasteiger partial charge on any atom is -0.493 e. The lowest BCUT2D eigenvalue weighted by atomic mass is 10.1. The second kappa shape index (κ2) is 8.35. The highest BCUT2D eigenvalue weighted by Gasteiger charge is 2.12. The number of rotatable bonds is 7. The number of benzene rings is 3. The van der Waals surface area contributed by atoms with E-state index in [4.69, 9.17) is 4.74 Å². The minimum atomic E-state index is -2.97. The van der Waals surface area contributed by atoms with Gasteiger partial charge < -0.3 is 20.1 Å². The highest BCUT2D eigenvalue weighted by molar-refractivity contribution is 6.03. The van der Waals surface area contributed by atoms with E-state index in [1.54, 1.807) is 6.07 Å². The summed E-state index contributed by atoms with van der Waals surface area (Å²) in [5.41, 5.74) is 1.16. The van der Waals surface area contributed by atoms with Crippen molar-refractivity contribution in [2.45, 2.75) is 6.61 Å². The fourth-order valence-corrected chi connectivity index (χ4v) is 2.69. The van der Waals surface area contributed by atoms with Crippen LogP contribution in [-0.4, -0.2) is 26.2 Å². The molecule has 7 heteroatoms. The van der Waals surface area contributed by atoms with Crippen LogP contribution in [-0.2, 0) is 4.79 Å². The zero-order valence-electron chi connectivity index (χ0n) is 14.5. The largest absolute Gasteiger partial charge is 0.493 e. The van der Waals surface area contributed by atoms with Gasteiger partial charge in [-0.1, -0.05) is 36.4 Å². The molecule has 0 aliphatic rings. The van der Waals surface area contributed by atoms with E-state index in [9.17, 15) is 13.6 Å². The monoisotopic (exact) mass is 372 g/mol. The molecule has 0 fully saturated rings. The Labute approximate surface area is 154 Å². The van der Waals surface area contributed by atoms with Crippen LogP contribution in [0.3, 0.4) is 0 Å². The topological polar surface area (TPSA) is 59.6 Å². The molecule has 3 aromatic rings. The first-order chi connectivity index (χ1) is 13.1. The van der Waals surface area contributed by atoms with Gasteiger partial charge in [0.15, 0.2) is 11.5 Å². The number of ether oxygens (including phenoxy) is 2. The summed E-state index contributed by atoms with van der Waals surface area (Å²) >= 11 is 0. The zero-order valence-corrected chi connectivity index (χ0v) is 14.5. The number of hydrogen-bond acceptors (Lipinski definition) is 4. The number of alkyl halides is 2. The summed E-state index contributed by atoms with van der Waals surface area (Å²) in [6.07, 6.45) is 0. The number of hydrogen-bond donors (Lipinski definition) is 2. The van der Waals surface area contributed by atoms with Crippen LogP contribution in [0, 0.1) is 0 Å². The summed E-state index contributed by atoms with van der Waals surface area (Å²) in [4.78, 5) is 12.3. The van der Waals surface area contributed by atoms with Crippen LogP contribution in [0.1, 0.15) is 0 Å². The summed E-state index contributed by atoms with van der Waals surface area (Å²) in [5.74, 6) is -0.188. The van der Waals surface area contributed by atoms with E-state index in [1.807, 2.05) is 42.5 Å². The lowest BCUT2D eigenvalue weighted by Gasteiger charge is -2.13. The van der Waals surface area contributed by atoms with Crippen LogP contribution in [0.25, 0.3) is 10.8 Å². The SMILES string of the molecule is COc1ccc(NCC(=O)Nc2cccc3ccccc23)cc1OC(F)F. The molecule has 0 aliphatic carbocycles. The third-order valence-electron chi connectivity index (χ3n) is 3.90. The van der Waals surface area contributed by atoms with Gasteiger partial charge in [-0.2, -0.15) is 8.78 Å². The molecule has 0 spiro atoms. The molecule has 0 unspecified atom stereocenters. The normalized spacial score (nSPS) is 10.7. The number of methoxy groups -OCH3 is 1. The Morgan fingerprint density at radius 2 is 1.81 bits per heavy atom. The van der Waals surface area contributed by atoms with Crippen molar-refractivity contribution in [1.29, 1.82) is 0 Å². The van der Waals surface area contributed by atoms with Gasteiger partial charge in [0.1, 0.15) is 0 Å². The highest BCUT2D eigenvalue weighted by atomic mass is 19.3. The van der Waals surface area contributed by atoms with Crippen molar-refractivity contribution in [3.8, 4) is 11.5 Å². The van der Waals surface area contributed by atoms with E-state index in [0.29, 0.717) is 11.4 Å². The van der Waals surface area contributed by atoms with E-state index < -0.39 is 6.61 Å². The van der Waals surface area contributed by atoms with Gasteiger partial charge in [-0.05, 0) is 23.6 Å². The fourth-order valence-electron chi connectivity index (χ4n) is 2.69. The Balaban J connectivity index is 1.67. The van der Waals surface area contributed by atoms with Gasteiger partial charge in [0, 0.05) is 22.8 Å². The highest BCUT2D eigenvalue weighted by Crippen LogP contribution is 2.31. The van der Waals surface area contributed by atoms with Crippen LogP contribution >= 0.6 is 0 Å². The van der Waals surface area contributed by atoms with Crippen molar-refractivity contribution in [3.63, 3.8) is 0 Å². The number of nitrogens with one attached hydrogen (secondary N) is 2. The molecule has 0 saturated heterocycles. The minimum absolute atomic E-state index is 0.0380. The van der Waals surface area contributed by atoms with Crippen LogP contribution in [0.4, 0.5) is 20.2 Å². The first-order valence-electron chi connectivity index (χ1n) is 8.21. The van der Waals surface area contributed by atoms with E-state index >= 15 is 0 Å².